The molecule has 1 amide bonds. The van der Waals surface area contributed by atoms with Gasteiger partial charge >= 0.3 is 0 Å². The van der Waals surface area contributed by atoms with Crippen molar-refractivity contribution >= 4 is 33.3 Å². The number of anilines is 1. The second-order valence-corrected chi connectivity index (χ2v) is 8.73. The van der Waals surface area contributed by atoms with Gasteiger partial charge in [0.05, 0.1) is 12.1 Å². The van der Waals surface area contributed by atoms with Crippen LogP contribution in [0.5, 0.6) is 0 Å². The van der Waals surface area contributed by atoms with E-state index in [0.29, 0.717) is 16.8 Å². The molecule has 1 heterocycles. The molecule has 0 aliphatic carbocycles. The summed E-state index contributed by atoms with van der Waals surface area (Å²) in [6.07, 6.45) is -0.283. The maximum absolute atomic E-state index is 12.8. The van der Waals surface area contributed by atoms with E-state index < -0.39 is 11.5 Å². The molecule has 4 nitrogen and oxygen atoms in total. The molecule has 1 aliphatic rings. The summed E-state index contributed by atoms with van der Waals surface area (Å²) in [5.74, 6) is -0.743. The zero-order valence-electron chi connectivity index (χ0n) is 15.3. The number of amides is 1. The molecule has 136 valence electrons. The lowest BCUT2D eigenvalue weighted by Gasteiger charge is -2.22. The first-order valence-corrected chi connectivity index (χ1v) is 9.27. The van der Waals surface area contributed by atoms with Crippen molar-refractivity contribution in [1.29, 1.82) is 0 Å². The van der Waals surface area contributed by atoms with Gasteiger partial charge in [-0.3, -0.25) is 9.59 Å². The van der Waals surface area contributed by atoms with Gasteiger partial charge in [-0.2, -0.15) is 0 Å². The van der Waals surface area contributed by atoms with E-state index in [2.05, 4.69) is 36.7 Å². The largest absolute Gasteiger partial charge is 0.375 e. The number of aliphatic hydroxyl groups is 1. The molecule has 2 aromatic rings. The van der Waals surface area contributed by atoms with Gasteiger partial charge in [-0.25, -0.2) is 0 Å². The highest BCUT2D eigenvalue weighted by atomic mass is 79.9. The molecule has 0 fully saturated rings. The predicted octanol–water partition coefficient (Wildman–Crippen LogP) is 4.18. The molecule has 0 saturated heterocycles. The van der Waals surface area contributed by atoms with Crippen molar-refractivity contribution in [2.24, 2.45) is 0 Å². The zero-order valence-corrected chi connectivity index (χ0v) is 16.9. The third-order valence-electron chi connectivity index (χ3n) is 4.91. The number of hydrogen-bond acceptors (Lipinski definition) is 3. The monoisotopic (exact) mass is 415 g/mol. The van der Waals surface area contributed by atoms with Gasteiger partial charge < -0.3 is 10.0 Å². The number of likely N-dealkylation sites (N-methyl/N-ethyl adjacent to an activating group) is 1. The fourth-order valence-corrected chi connectivity index (χ4v) is 3.66. The highest BCUT2D eigenvalue weighted by Gasteiger charge is 2.49. The molecule has 1 N–H and O–H groups in total. The molecular weight excluding hydrogens is 394 g/mol. The molecule has 0 spiro atoms. The molecule has 3 rings (SSSR count). The van der Waals surface area contributed by atoms with Gasteiger partial charge in [0.1, 0.15) is 0 Å². The van der Waals surface area contributed by atoms with Crippen LogP contribution in [-0.4, -0.2) is 23.8 Å². The lowest BCUT2D eigenvalue weighted by molar-refractivity contribution is -0.135. The minimum absolute atomic E-state index is 0.00483. The van der Waals surface area contributed by atoms with Crippen LogP contribution in [0.2, 0.25) is 0 Å². The first kappa shape index (κ1) is 18.8. The maximum Gasteiger partial charge on any atom is 0.263 e. The topological polar surface area (TPSA) is 57.6 Å². The van der Waals surface area contributed by atoms with Gasteiger partial charge in [0, 0.05) is 22.6 Å². The highest BCUT2D eigenvalue weighted by molar-refractivity contribution is 9.10. The summed E-state index contributed by atoms with van der Waals surface area (Å²) in [6.45, 7) is 6.32. The minimum Gasteiger partial charge on any atom is -0.375 e. The third kappa shape index (κ3) is 3.10. The lowest BCUT2D eigenvalue weighted by atomic mass is 9.85. The Hall–Kier alpha value is -1.98. The van der Waals surface area contributed by atoms with Crippen LogP contribution in [0.1, 0.15) is 48.7 Å². The molecule has 0 unspecified atom stereocenters. The number of carbonyl (C=O) groups is 2. The van der Waals surface area contributed by atoms with Crippen LogP contribution < -0.4 is 4.90 Å². The van der Waals surface area contributed by atoms with Crippen molar-refractivity contribution in [3.63, 3.8) is 0 Å². The van der Waals surface area contributed by atoms with Crippen LogP contribution in [-0.2, 0) is 15.8 Å². The average molecular weight is 416 g/mol. The Bertz CT molecular complexity index is 883. The van der Waals surface area contributed by atoms with Crippen molar-refractivity contribution in [1.82, 2.24) is 0 Å². The number of carbonyl (C=O) groups excluding carboxylic acids is 2. The minimum atomic E-state index is -1.84. The van der Waals surface area contributed by atoms with E-state index in [1.165, 1.54) is 4.90 Å². The summed E-state index contributed by atoms with van der Waals surface area (Å²) in [6, 6.07) is 12.6. The van der Waals surface area contributed by atoms with Gasteiger partial charge in [-0.1, -0.05) is 61.0 Å². The first-order chi connectivity index (χ1) is 12.0. The molecule has 0 bridgehead atoms. The summed E-state index contributed by atoms with van der Waals surface area (Å²) in [7, 11) is 1.61. The Morgan fingerprint density at radius 2 is 1.77 bits per heavy atom. The van der Waals surface area contributed by atoms with Crippen molar-refractivity contribution in [2.75, 3.05) is 11.9 Å². The SMILES string of the molecule is CN1C(=O)[C@@](O)(CC(=O)c2ccc(C(C)(C)C)cc2)c2cc(Br)ccc21. The Kier molecular flexibility index (Phi) is 4.57. The Morgan fingerprint density at radius 3 is 2.35 bits per heavy atom. The van der Waals surface area contributed by atoms with E-state index >= 15 is 0 Å². The average Bonchev–Trinajstić information content (AvgIpc) is 2.76. The number of Topliss-reactive ketones (excluding diaryl/α,β-unsaturated/α-hetero) is 1. The van der Waals surface area contributed by atoms with Crippen LogP contribution in [0.3, 0.4) is 0 Å². The second-order valence-electron chi connectivity index (χ2n) is 7.81. The van der Waals surface area contributed by atoms with Crippen molar-refractivity contribution in [3.05, 3.63) is 63.6 Å². The quantitative estimate of drug-likeness (QED) is 0.764. The summed E-state index contributed by atoms with van der Waals surface area (Å²) in [5, 5.41) is 11.1. The zero-order chi connectivity index (χ0) is 19.3. The Labute approximate surface area is 162 Å². The van der Waals surface area contributed by atoms with Crippen molar-refractivity contribution in [2.45, 2.75) is 38.2 Å². The van der Waals surface area contributed by atoms with Crippen molar-refractivity contribution in [3.8, 4) is 0 Å². The molecule has 0 saturated carbocycles. The molecule has 26 heavy (non-hydrogen) atoms. The van der Waals surface area contributed by atoms with E-state index in [-0.39, 0.29) is 17.6 Å². The molecule has 1 aliphatic heterocycles. The summed E-state index contributed by atoms with van der Waals surface area (Å²) in [4.78, 5) is 26.8. The number of halogens is 1. The van der Waals surface area contributed by atoms with Gasteiger partial charge in [-0.15, -0.1) is 0 Å². The number of benzene rings is 2. The highest BCUT2D eigenvalue weighted by Crippen LogP contribution is 2.43. The first-order valence-electron chi connectivity index (χ1n) is 8.48. The number of nitrogens with zero attached hydrogens (tertiary/aromatic N) is 1. The second kappa shape index (κ2) is 6.32. The van der Waals surface area contributed by atoms with E-state index in [1.807, 2.05) is 12.1 Å². The van der Waals surface area contributed by atoms with Gasteiger partial charge in [0.2, 0.25) is 0 Å². The normalized spacial score (nSPS) is 19.6. The van der Waals surface area contributed by atoms with Crippen LogP contribution in [0, 0.1) is 0 Å². The van der Waals surface area contributed by atoms with Crippen LogP contribution in [0.25, 0.3) is 0 Å². The van der Waals surface area contributed by atoms with Gasteiger partial charge in [-0.05, 0) is 29.2 Å². The van der Waals surface area contributed by atoms with Crippen LogP contribution in [0.4, 0.5) is 5.69 Å². The van der Waals surface area contributed by atoms with E-state index in [9.17, 15) is 14.7 Å². The van der Waals surface area contributed by atoms with E-state index in [0.717, 1.165) is 10.0 Å². The molecule has 1 atom stereocenters. The molecule has 2 aromatic carbocycles. The van der Waals surface area contributed by atoms with Crippen LogP contribution in [0.15, 0.2) is 46.9 Å². The fraction of sp³-hybridized carbons (Fsp3) is 0.333. The molecule has 0 aromatic heterocycles. The maximum atomic E-state index is 12.8. The van der Waals surface area contributed by atoms with Crippen molar-refractivity contribution < 1.29 is 14.7 Å². The Balaban J connectivity index is 1.92. The number of ketones is 1. The third-order valence-corrected chi connectivity index (χ3v) is 5.41. The molecule has 5 heteroatoms. The number of rotatable bonds is 3. The van der Waals surface area contributed by atoms with Gasteiger partial charge in [0.15, 0.2) is 11.4 Å². The van der Waals surface area contributed by atoms with Crippen LogP contribution >= 0.6 is 15.9 Å². The smallest absolute Gasteiger partial charge is 0.263 e. The molecule has 0 radical (unpaired) electrons. The fourth-order valence-electron chi connectivity index (χ4n) is 3.30. The summed E-state index contributed by atoms with van der Waals surface area (Å²) >= 11 is 3.37. The number of fused-ring (bicyclic) bond motifs is 1. The van der Waals surface area contributed by atoms with E-state index in [1.54, 1.807) is 37.4 Å². The standard InChI is InChI=1S/C21H22BrNO3/c1-20(2,3)14-7-5-13(6-8-14)18(24)12-21(26)16-11-15(22)9-10-17(16)23(4)19(21)25/h5-11,26H,12H2,1-4H3/t21-/m1/s1. The summed E-state index contributed by atoms with van der Waals surface area (Å²) in [5.41, 5.74) is 0.850. The lowest BCUT2D eigenvalue weighted by Crippen LogP contribution is -2.40. The van der Waals surface area contributed by atoms with E-state index in [4.69, 9.17) is 0 Å². The Morgan fingerprint density at radius 1 is 1.15 bits per heavy atom. The number of hydrogen-bond donors (Lipinski definition) is 1. The predicted molar refractivity (Wildman–Crippen MR) is 106 cm³/mol. The van der Waals surface area contributed by atoms with Gasteiger partial charge in [0.25, 0.3) is 5.91 Å². The molecular formula is C21H22BrNO3. The summed E-state index contributed by atoms with van der Waals surface area (Å²) < 4.78 is 0.750.